The van der Waals surface area contributed by atoms with E-state index in [0.717, 1.165) is 11.4 Å². The number of anilines is 1. The zero-order valence-electron chi connectivity index (χ0n) is 16.6. The van der Waals surface area contributed by atoms with Gasteiger partial charge in [0.1, 0.15) is 5.82 Å². The minimum atomic E-state index is -0.184. The van der Waals surface area contributed by atoms with E-state index in [4.69, 9.17) is 11.6 Å². The average Bonchev–Trinajstić information content (AvgIpc) is 2.75. The number of rotatable bonds is 6. The van der Waals surface area contributed by atoms with Crippen molar-refractivity contribution < 1.29 is 9.59 Å². The molecule has 0 radical (unpaired) electrons. The molecule has 0 spiro atoms. The predicted molar refractivity (Wildman–Crippen MR) is 114 cm³/mol. The van der Waals surface area contributed by atoms with E-state index in [0.29, 0.717) is 44.3 Å². The third-order valence-corrected chi connectivity index (χ3v) is 5.19. The lowest BCUT2D eigenvalue weighted by Crippen LogP contribution is -2.49. The van der Waals surface area contributed by atoms with E-state index in [9.17, 15) is 9.59 Å². The second kappa shape index (κ2) is 10.1. The molecule has 8 heteroatoms. The molecular formula is C21H26ClN5O2. The molecule has 0 saturated carbocycles. The summed E-state index contributed by atoms with van der Waals surface area (Å²) in [4.78, 5) is 34.5. The highest BCUT2D eigenvalue weighted by molar-refractivity contribution is 6.32. The average molecular weight is 416 g/mol. The summed E-state index contributed by atoms with van der Waals surface area (Å²) in [5, 5.41) is 3.44. The number of hydrogen-bond acceptors (Lipinski definition) is 4. The lowest BCUT2D eigenvalue weighted by Gasteiger charge is -2.35. The first-order chi connectivity index (χ1) is 14.0. The molecule has 1 aliphatic rings. The van der Waals surface area contributed by atoms with Gasteiger partial charge in [-0.3, -0.25) is 4.79 Å². The van der Waals surface area contributed by atoms with Crippen molar-refractivity contribution in [2.45, 2.75) is 13.0 Å². The SMILES string of the molecule is CN(Cc1ccccc1)C(=O)NCCC(=O)N1CCN(c2ncccc2Cl)CC1. The van der Waals surface area contributed by atoms with Crippen LogP contribution in [-0.2, 0) is 11.3 Å². The Morgan fingerprint density at radius 2 is 1.83 bits per heavy atom. The standard InChI is InChI=1S/C21H26ClN5O2/c1-25(16-17-6-3-2-4-7-17)21(29)24-11-9-19(28)26-12-14-27(15-13-26)20-18(22)8-5-10-23-20/h2-8,10H,9,11-16H2,1H3,(H,24,29). The number of aromatic nitrogens is 1. The van der Waals surface area contributed by atoms with Crippen molar-refractivity contribution in [1.29, 1.82) is 0 Å². The number of pyridine rings is 1. The summed E-state index contributed by atoms with van der Waals surface area (Å²) in [5.74, 6) is 0.803. The normalized spacial score (nSPS) is 13.9. The Morgan fingerprint density at radius 3 is 2.52 bits per heavy atom. The molecular weight excluding hydrogens is 390 g/mol. The predicted octanol–water partition coefficient (Wildman–Crippen LogP) is 2.62. The molecule has 3 amide bonds. The van der Waals surface area contributed by atoms with Gasteiger partial charge in [-0.1, -0.05) is 41.9 Å². The quantitative estimate of drug-likeness (QED) is 0.787. The maximum atomic E-state index is 12.5. The van der Waals surface area contributed by atoms with Gasteiger partial charge in [-0.25, -0.2) is 9.78 Å². The van der Waals surface area contributed by atoms with E-state index in [1.807, 2.05) is 41.3 Å². The van der Waals surface area contributed by atoms with Crippen LogP contribution in [0.2, 0.25) is 5.02 Å². The number of carbonyl (C=O) groups is 2. The van der Waals surface area contributed by atoms with Crippen LogP contribution in [0.4, 0.5) is 10.6 Å². The lowest BCUT2D eigenvalue weighted by molar-refractivity contribution is -0.131. The van der Waals surface area contributed by atoms with Crippen molar-refractivity contribution in [3.05, 3.63) is 59.2 Å². The molecule has 0 unspecified atom stereocenters. The van der Waals surface area contributed by atoms with Crippen LogP contribution in [0.5, 0.6) is 0 Å². The number of nitrogens with one attached hydrogen (secondary N) is 1. The lowest BCUT2D eigenvalue weighted by atomic mass is 10.2. The van der Waals surface area contributed by atoms with Crippen LogP contribution in [0.15, 0.2) is 48.7 Å². The summed E-state index contributed by atoms with van der Waals surface area (Å²) in [5.41, 5.74) is 1.06. The highest BCUT2D eigenvalue weighted by Gasteiger charge is 2.23. The number of halogens is 1. The number of amides is 3. The van der Waals surface area contributed by atoms with Crippen molar-refractivity contribution >= 4 is 29.4 Å². The Labute approximate surface area is 176 Å². The summed E-state index contributed by atoms with van der Waals surface area (Å²) in [7, 11) is 1.74. The van der Waals surface area contributed by atoms with Gasteiger partial charge in [0.05, 0.1) is 5.02 Å². The molecule has 1 aromatic carbocycles. The van der Waals surface area contributed by atoms with E-state index in [2.05, 4.69) is 15.2 Å². The first kappa shape index (κ1) is 20.9. The minimum Gasteiger partial charge on any atom is -0.352 e. The third-order valence-electron chi connectivity index (χ3n) is 4.90. The topological polar surface area (TPSA) is 68.8 Å². The molecule has 1 fully saturated rings. The molecule has 2 aromatic rings. The molecule has 2 heterocycles. The fraction of sp³-hybridized carbons (Fsp3) is 0.381. The summed E-state index contributed by atoms with van der Waals surface area (Å²) in [6.45, 7) is 3.46. The smallest absolute Gasteiger partial charge is 0.317 e. The maximum Gasteiger partial charge on any atom is 0.317 e. The molecule has 0 aliphatic carbocycles. The molecule has 7 nitrogen and oxygen atoms in total. The van der Waals surface area contributed by atoms with Gasteiger partial charge in [-0.2, -0.15) is 0 Å². The molecule has 0 atom stereocenters. The Bertz CT molecular complexity index is 825. The largest absolute Gasteiger partial charge is 0.352 e. The first-order valence-corrected chi connectivity index (χ1v) is 10.1. The van der Waals surface area contributed by atoms with Crippen molar-refractivity contribution in [1.82, 2.24) is 20.1 Å². The maximum absolute atomic E-state index is 12.5. The van der Waals surface area contributed by atoms with E-state index in [1.54, 1.807) is 24.2 Å². The van der Waals surface area contributed by atoms with Crippen LogP contribution in [0, 0.1) is 0 Å². The van der Waals surface area contributed by atoms with Crippen LogP contribution < -0.4 is 10.2 Å². The van der Waals surface area contributed by atoms with Gasteiger partial charge in [0.15, 0.2) is 0 Å². The zero-order valence-corrected chi connectivity index (χ0v) is 17.3. The highest BCUT2D eigenvalue weighted by Crippen LogP contribution is 2.23. The summed E-state index contributed by atoms with van der Waals surface area (Å²) >= 11 is 6.20. The van der Waals surface area contributed by atoms with E-state index in [-0.39, 0.29) is 18.4 Å². The van der Waals surface area contributed by atoms with E-state index < -0.39 is 0 Å². The first-order valence-electron chi connectivity index (χ1n) is 9.70. The van der Waals surface area contributed by atoms with Gasteiger partial charge >= 0.3 is 6.03 Å². The number of piperazine rings is 1. The molecule has 3 rings (SSSR count). The van der Waals surface area contributed by atoms with Crippen LogP contribution in [-0.4, -0.2) is 66.5 Å². The third kappa shape index (κ3) is 5.84. The van der Waals surface area contributed by atoms with Crippen LogP contribution >= 0.6 is 11.6 Å². The Hall–Kier alpha value is -2.80. The van der Waals surface area contributed by atoms with Crippen molar-refractivity contribution in [3.63, 3.8) is 0 Å². The Morgan fingerprint density at radius 1 is 1.10 bits per heavy atom. The second-order valence-corrected chi connectivity index (χ2v) is 7.41. The Kier molecular flexibility index (Phi) is 7.30. The Balaban J connectivity index is 1.38. The van der Waals surface area contributed by atoms with Crippen molar-refractivity contribution in [2.24, 2.45) is 0 Å². The molecule has 1 saturated heterocycles. The van der Waals surface area contributed by atoms with Gasteiger partial charge in [0, 0.05) is 58.9 Å². The minimum absolute atomic E-state index is 0.0442. The van der Waals surface area contributed by atoms with E-state index in [1.165, 1.54) is 0 Å². The van der Waals surface area contributed by atoms with Gasteiger partial charge in [-0.15, -0.1) is 0 Å². The molecule has 0 bridgehead atoms. The van der Waals surface area contributed by atoms with E-state index >= 15 is 0 Å². The summed E-state index contributed by atoms with van der Waals surface area (Å²) in [6, 6.07) is 13.2. The number of hydrogen-bond donors (Lipinski definition) is 1. The van der Waals surface area contributed by atoms with Crippen molar-refractivity contribution in [2.75, 3.05) is 44.7 Å². The molecule has 1 N–H and O–H groups in total. The van der Waals surface area contributed by atoms with Gasteiger partial charge in [0.2, 0.25) is 5.91 Å². The zero-order chi connectivity index (χ0) is 20.6. The summed E-state index contributed by atoms with van der Waals surface area (Å²) < 4.78 is 0. The number of urea groups is 1. The highest BCUT2D eigenvalue weighted by atomic mass is 35.5. The van der Waals surface area contributed by atoms with Crippen LogP contribution in [0.1, 0.15) is 12.0 Å². The van der Waals surface area contributed by atoms with Crippen molar-refractivity contribution in [3.8, 4) is 0 Å². The summed E-state index contributed by atoms with van der Waals surface area (Å²) in [6.07, 6.45) is 2.01. The molecule has 1 aliphatic heterocycles. The van der Waals surface area contributed by atoms with Crippen LogP contribution in [0.25, 0.3) is 0 Å². The second-order valence-electron chi connectivity index (χ2n) is 7.00. The van der Waals surface area contributed by atoms with Gasteiger partial charge in [-0.05, 0) is 17.7 Å². The van der Waals surface area contributed by atoms with Gasteiger partial charge < -0.3 is 20.0 Å². The fourth-order valence-corrected chi connectivity index (χ4v) is 3.52. The fourth-order valence-electron chi connectivity index (χ4n) is 3.28. The monoisotopic (exact) mass is 415 g/mol. The molecule has 154 valence electrons. The number of benzene rings is 1. The molecule has 29 heavy (non-hydrogen) atoms. The molecule has 1 aromatic heterocycles. The number of nitrogens with zero attached hydrogens (tertiary/aromatic N) is 4. The van der Waals surface area contributed by atoms with Crippen LogP contribution in [0.3, 0.4) is 0 Å². The van der Waals surface area contributed by atoms with Gasteiger partial charge in [0.25, 0.3) is 0 Å². The number of carbonyl (C=O) groups excluding carboxylic acids is 2.